The predicted molar refractivity (Wildman–Crippen MR) is 43.4 cm³/mol. The van der Waals surface area contributed by atoms with Crippen LogP contribution in [0.4, 0.5) is 5.82 Å². The smallest absolute Gasteiger partial charge is 0.327 e. The van der Waals surface area contributed by atoms with Crippen molar-refractivity contribution in [2.75, 3.05) is 5.73 Å². The summed E-state index contributed by atoms with van der Waals surface area (Å²) in [6.07, 6.45) is 0. The molecular formula is C6H11N3O2. The van der Waals surface area contributed by atoms with E-state index in [2.05, 4.69) is 4.98 Å². The van der Waals surface area contributed by atoms with Crippen LogP contribution in [0.15, 0.2) is 15.7 Å². The minimum Gasteiger partial charge on any atom is -0.385 e. The average Bonchev–Trinajstić information content (AvgIpc) is 1.88. The summed E-state index contributed by atoms with van der Waals surface area (Å²) in [6.45, 7) is 4.00. The Kier molecular flexibility index (Phi) is 3.72. The Morgan fingerprint density at radius 3 is 2.18 bits per heavy atom. The zero-order chi connectivity index (χ0) is 8.85. The minimum atomic E-state index is -0.583. The van der Waals surface area contributed by atoms with Crippen LogP contribution in [-0.2, 0) is 0 Å². The summed E-state index contributed by atoms with van der Waals surface area (Å²) < 4.78 is 0. The molecule has 0 aliphatic heterocycles. The Morgan fingerprint density at radius 1 is 1.27 bits per heavy atom. The Morgan fingerprint density at radius 2 is 1.82 bits per heavy atom. The Bertz CT molecular complexity index is 284. The number of aromatic nitrogens is 2. The molecule has 0 atom stereocenters. The van der Waals surface area contributed by atoms with E-state index in [0.29, 0.717) is 0 Å². The quantitative estimate of drug-likeness (QED) is 0.481. The van der Waals surface area contributed by atoms with Gasteiger partial charge >= 0.3 is 5.69 Å². The van der Waals surface area contributed by atoms with Gasteiger partial charge in [-0.15, -0.1) is 0 Å². The standard InChI is InChI=1S/C4H5N3O2.C2H6/c5-2-1-3(8)7-4(9)6-2;1-2/h1H,(H4,5,6,7,8,9);1-2H3. The molecule has 5 nitrogen and oxygen atoms in total. The largest absolute Gasteiger partial charge is 0.385 e. The zero-order valence-electron chi connectivity index (χ0n) is 6.47. The molecule has 0 saturated carbocycles. The molecule has 0 amide bonds. The van der Waals surface area contributed by atoms with E-state index >= 15 is 0 Å². The van der Waals surface area contributed by atoms with Gasteiger partial charge in [-0.1, -0.05) is 13.8 Å². The minimum absolute atomic E-state index is 0.0729. The molecule has 0 spiro atoms. The molecule has 4 N–H and O–H groups in total. The van der Waals surface area contributed by atoms with Crippen molar-refractivity contribution in [3.8, 4) is 0 Å². The van der Waals surface area contributed by atoms with Gasteiger partial charge in [0.1, 0.15) is 5.82 Å². The van der Waals surface area contributed by atoms with Crippen LogP contribution in [0.1, 0.15) is 13.8 Å². The second kappa shape index (κ2) is 4.32. The van der Waals surface area contributed by atoms with Gasteiger partial charge in [0.2, 0.25) is 0 Å². The molecule has 0 unspecified atom stereocenters. The highest BCUT2D eigenvalue weighted by atomic mass is 16.2. The molecule has 0 aromatic carbocycles. The molecule has 0 saturated heterocycles. The van der Waals surface area contributed by atoms with Gasteiger partial charge in [-0.25, -0.2) is 4.79 Å². The number of nitrogens with one attached hydrogen (secondary N) is 2. The van der Waals surface area contributed by atoms with Crippen molar-refractivity contribution < 1.29 is 0 Å². The van der Waals surface area contributed by atoms with Gasteiger partial charge < -0.3 is 5.73 Å². The lowest BCUT2D eigenvalue weighted by molar-refractivity contribution is 1.05. The number of rotatable bonds is 0. The maximum atomic E-state index is 10.4. The maximum Gasteiger partial charge on any atom is 0.327 e. The first-order valence-electron chi connectivity index (χ1n) is 3.27. The third kappa shape index (κ3) is 3.24. The summed E-state index contributed by atoms with van der Waals surface area (Å²) in [5.74, 6) is 0.0729. The van der Waals surface area contributed by atoms with E-state index in [-0.39, 0.29) is 5.82 Å². The lowest BCUT2D eigenvalue weighted by Gasteiger charge is -1.85. The molecule has 0 radical (unpaired) electrons. The van der Waals surface area contributed by atoms with Crippen molar-refractivity contribution in [3.05, 3.63) is 26.9 Å². The van der Waals surface area contributed by atoms with Crippen LogP contribution in [0, 0.1) is 0 Å². The number of hydrogen-bond donors (Lipinski definition) is 3. The highest BCUT2D eigenvalue weighted by Gasteiger charge is 1.86. The van der Waals surface area contributed by atoms with E-state index in [0.717, 1.165) is 6.07 Å². The molecule has 5 heteroatoms. The van der Waals surface area contributed by atoms with Crippen LogP contribution in [0.2, 0.25) is 0 Å². The van der Waals surface area contributed by atoms with Crippen molar-refractivity contribution in [1.29, 1.82) is 0 Å². The van der Waals surface area contributed by atoms with Gasteiger partial charge in [-0.3, -0.25) is 14.8 Å². The monoisotopic (exact) mass is 157 g/mol. The molecule has 1 heterocycles. The average molecular weight is 157 g/mol. The van der Waals surface area contributed by atoms with Gasteiger partial charge in [0.05, 0.1) is 0 Å². The molecule has 0 aliphatic carbocycles. The van der Waals surface area contributed by atoms with Crippen molar-refractivity contribution in [3.63, 3.8) is 0 Å². The van der Waals surface area contributed by atoms with E-state index in [4.69, 9.17) is 5.73 Å². The molecule has 0 bridgehead atoms. The molecule has 0 fully saturated rings. The second-order valence-electron chi connectivity index (χ2n) is 1.54. The fourth-order valence-electron chi connectivity index (χ4n) is 0.488. The van der Waals surface area contributed by atoms with Gasteiger partial charge in [0.25, 0.3) is 5.56 Å². The first-order valence-corrected chi connectivity index (χ1v) is 3.27. The van der Waals surface area contributed by atoms with Crippen molar-refractivity contribution in [1.82, 2.24) is 9.97 Å². The Labute approximate surface area is 63.3 Å². The summed E-state index contributed by atoms with van der Waals surface area (Å²) in [5.41, 5.74) is 4.01. The molecule has 1 aromatic rings. The van der Waals surface area contributed by atoms with Crippen LogP contribution in [0.25, 0.3) is 0 Å². The van der Waals surface area contributed by atoms with Crippen LogP contribution in [0.3, 0.4) is 0 Å². The van der Waals surface area contributed by atoms with E-state index in [1.165, 1.54) is 0 Å². The number of H-pyrrole nitrogens is 2. The predicted octanol–water partition coefficient (Wildman–Crippen LogP) is -0.328. The molecule has 1 aromatic heterocycles. The maximum absolute atomic E-state index is 10.4. The van der Waals surface area contributed by atoms with E-state index in [1.807, 2.05) is 18.8 Å². The number of aromatic amines is 2. The molecule has 1 rings (SSSR count). The van der Waals surface area contributed by atoms with Crippen LogP contribution in [-0.4, -0.2) is 9.97 Å². The van der Waals surface area contributed by atoms with Crippen LogP contribution < -0.4 is 17.0 Å². The molecule has 11 heavy (non-hydrogen) atoms. The van der Waals surface area contributed by atoms with E-state index in [1.54, 1.807) is 0 Å². The first-order chi connectivity index (χ1) is 5.18. The van der Waals surface area contributed by atoms with Gasteiger partial charge in [-0.2, -0.15) is 0 Å². The van der Waals surface area contributed by atoms with Crippen molar-refractivity contribution >= 4 is 5.82 Å². The normalized spacial score (nSPS) is 8.18. The van der Waals surface area contributed by atoms with Crippen molar-refractivity contribution in [2.45, 2.75) is 13.8 Å². The Hall–Kier alpha value is -1.52. The zero-order valence-corrected chi connectivity index (χ0v) is 6.47. The summed E-state index contributed by atoms with van der Waals surface area (Å²) in [5, 5.41) is 0. The van der Waals surface area contributed by atoms with Crippen LogP contribution >= 0.6 is 0 Å². The lowest BCUT2D eigenvalue weighted by Crippen LogP contribution is -2.22. The molecule has 62 valence electrons. The number of hydrogen-bond acceptors (Lipinski definition) is 3. The first kappa shape index (κ1) is 9.48. The SMILES string of the molecule is CC.Nc1cc(=O)[nH]c(=O)[nH]1. The van der Waals surface area contributed by atoms with Gasteiger partial charge in [0, 0.05) is 6.07 Å². The van der Waals surface area contributed by atoms with Gasteiger partial charge in [0.15, 0.2) is 0 Å². The molecular weight excluding hydrogens is 146 g/mol. The molecule has 0 aliphatic rings. The summed E-state index contributed by atoms with van der Waals surface area (Å²) in [4.78, 5) is 24.8. The third-order valence-electron chi connectivity index (χ3n) is 0.781. The van der Waals surface area contributed by atoms with Crippen molar-refractivity contribution in [2.24, 2.45) is 0 Å². The van der Waals surface area contributed by atoms with E-state index < -0.39 is 11.2 Å². The number of nitrogens with two attached hydrogens (primary N) is 1. The van der Waals surface area contributed by atoms with Gasteiger partial charge in [-0.05, 0) is 0 Å². The topological polar surface area (TPSA) is 91.7 Å². The fourth-order valence-corrected chi connectivity index (χ4v) is 0.488. The van der Waals surface area contributed by atoms with E-state index in [9.17, 15) is 9.59 Å². The Balaban J connectivity index is 0.000000461. The lowest BCUT2D eigenvalue weighted by atomic mass is 10.6. The highest BCUT2D eigenvalue weighted by Crippen LogP contribution is 1.77. The highest BCUT2D eigenvalue weighted by molar-refractivity contribution is 5.22. The third-order valence-corrected chi connectivity index (χ3v) is 0.781. The number of nitrogen functional groups attached to an aromatic ring is 1. The second-order valence-corrected chi connectivity index (χ2v) is 1.54. The summed E-state index contributed by atoms with van der Waals surface area (Å²) >= 11 is 0. The number of anilines is 1. The summed E-state index contributed by atoms with van der Waals surface area (Å²) in [7, 11) is 0. The fraction of sp³-hybridized carbons (Fsp3) is 0.333. The summed E-state index contributed by atoms with van der Waals surface area (Å²) in [6, 6.07) is 1.10. The van der Waals surface area contributed by atoms with Crippen LogP contribution in [0.5, 0.6) is 0 Å².